The number of methoxy groups -OCH3 is 1. The first kappa shape index (κ1) is 27.9. The number of carboxylic acids is 1. The molecule has 0 amide bonds. The monoisotopic (exact) mass is 560 g/mol. The van der Waals surface area contributed by atoms with Gasteiger partial charge in [-0.05, 0) is 63.2 Å². The molecule has 1 aromatic carbocycles. The summed E-state index contributed by atoms with van der Waals surface area (Å²) in [5.74, 6) is -3.77. The van der Waals surface area contributed by atoms with E-state index in [-0.39, 0.29) is 18.1 Å². The van der Waals surface area contributed by atoms with Gasteiger partial charge in [0.05, 0.1) is 24.5 Å². The summed E-state index contributed by atoms with van der Waals surface area (Å²) in [6, 6.07) is 3.81. The number of aliphatic hydroxyl groups is 2. The van der Waals surface area contributed by atoms with Gasteiger partial charge in [0.15, 0.2) is 23.7 Å². The smallest absolute Gasteiger partial charge is 0.348 e. The molecule has 0 aromatic heterocycles. The Kier molecular flexibility index (Phi) is 7.03. The summed E-state index contributed by atoms with van der Waals surface area (Å²) in [5, 5.41) is 30.7. The first-order valence-corrected chi connectivity index (χ1v) is 13.2. The van der Waals surface area contributed by atoms with Crippen LogP contribution in [0.2, 0.25) is 0 Å². The zero-order valence-corrected chi connectivity index (χ0v) is 22.4. The normalized spacial score (nSPS) is 29.5. The Morgan fingerprint density at radius 1 is 1.15 bits per heavy atom. The Labute approximate surface area is 229 Å². The Morgan fingerprint density at radius 3 is 2.58 bits per heavy atom. The molecule has 2 bridgehead atoms. The highest BCUT2D eigenvalue weighted by Gasteiger charge is 2.71. The Bertz CT molecular complexity index is 1280. The van der Waals surface area contributed by atoms with Crippen molar-refractivity contribution in [2.45, 2.75) is 87.8 Å². The molecule has 40 heavy (non-hydrogen) atoms. The summed E-state index contributed by atoms with van der Waals surface area (Å²) >= 11 is 0. The van der Waals surface area contributed by atoms with Gasteiger partial charge in [-0.3, -0.25) is 4.79 Å². The number of carboxylic acid groups (broad SMARTS) is 1. The third-order valence-electron chi connectivity index (χ3n) is 8.55. The lowest BCUT2D eigenvalue weighted by molar-refractivity contribution is -0.181. The van der Waals surface area contributed by atoms with Gasteiger partial charge in [-0.2, -0.15) is 0 Å². The highest BCUT2D eigenvalue weighted by Crippen LogP contribution is 2.67. The van der Waals surface area contributed by atoms with Crippen LogP contribution < -0.4 is 9.47 Å². The molecule has 4 aliphatic rings. The fourth-order valence-corrected chi connectivity index (χ4v) is 6.72. The van der Waals surface area contributed by atoms with Crippen LogP contribution in [0.15, 0.2) is 24.0 Å². The number of hydrogen-bond acceptors (Lipinski definition) is 11. The lowest BCUT2D eigenvalue weighted by Crippen LogP contribution is -2.67. The maximum absolute atomic E-state index is 13.1. The fraction of sp³-hybridized carbons (Fsp3) is 0.571. The average molecular weight is 561 g/mol. The van der Waals surface area contributed by atoms with Gasteiger partial charge in [0.25, 0.3) is 0 Å². The highest BCUT2D eigenvalue weighted by atomic mass is 16.6. The van der Waals surface area contributed by atoms with Crippen molar-refractivity contribution in [2.75, 3.05) is 7.11 Å². The van der Waals surface area contributed by atoms with Gasteiger partial charge in [0.1, 0.15) is 11.9 Å². The van der Waals surface area contributed by atoms with Crippen LogP contribution >= 0.6 is 0 Å². The molecule has 3 N–H and O–H groups in total. The van der Waals surface area contributed by atoms with Crippen molar-refractivity contribution in [2.24, 2.45) is 5.92 Å². The SMILES string of the molecule is COc1ccc2c3c1O[C@@H]1C(OC(=O)C[C@H](OC(=O)[C@H](C)O)C(=O)O[C@@H](C)C(=O)O)=CC[C@]4(O)[C@@H](CCC[C@@]314)C2. The first-order chi connectivity index (χ1) is 18.9. The van der Waals surface area contributed by atoms with Gasteiger partial charge in [0.2, 0.25) is 6.10 Å². The fourth-order valence-electron chi connectivity index (χ4n) is 6.72. The van der Waals surface area contributed by atoms with Crippen LogP contribution in [0.25, 0.3) is 0 Å². The number of benzene rings is 1. The number of aliphatic hydroxyl groups excluding tert-OH is 1. The van der Waals surface area contributed by atoms with Gasteiger partial charge in [-0.1, -0.05) is 12.5 Å². The van der Waals surface area contributed by atoms with Crippen LogP contribution in [0.5, 0.6) is 11.5 Å². The number of aliphatic carboxylic acids is 1. The Morgan fingerprint density at radius 2 is 1.90 bits per heavy atom. The van der Waals surface area contributed by atoms with E-state index in [4.69, 9.17) is 28.8 Å². The first-order valence-electron chi connectivity index (χ1n) is 13.2. The molecule has 216 valence electrons. The van der Waals surface area contributed by atoms with Crippen LogP contribution in [0.3, 0.4) is 0 Å². The van der Waals surface area contributed by atoms with Crippen molar-refractivity contribution in [3.05, 3.63) is 35.1 Å². The number of carbonyl (C=O) groups excluding carboxylic acids is 3. The van der Waals surface area contributed by atoms with Crippen LogP contribution in [-0.2, 0) is 45.2 Å². The third-order valence-corrected chi connectivity index (χ3v) is 8.55. The highest BCUT2D eigenvalue weighted by molar-refractivity contribution is 5.87. The summed E-state index contributed by atoms with van der Waals surface area (Å²) in [6.07, 6.45) is -1.89. The van der Waals surface area contributed by atoms with Gasteiger partial charge in [-0.15, -0.1) is 0 Å². The number of carbonyl (C=O) groups is 4. The average Bonchev–Trinajstić information content (AvgIpc) is 3.24. The molecule has 1 spiro atoms. The summed E-state index contributed by atoms with van der Waals surface area (Å²) in [4.78, 5) is 48.8. The second-order valence-electron chi connectivity index (χ2n) is 10.8. The quantitative estimate of drug-likeness (QED) is 0.292. The minimum Gasteiger partial charge on any atom is -0.493 e. The molecule has 3 aliphatic carbocycles. The molecule has 1 fully saturated rings. The molecule has 1 aromatic rings. The molecule has 1 aliphatic heterocycles. The van der Waals surface area contributed by atoms with Crippen LogP contribution in [0, 0.1) is 5.92 Å². The molecule has 1 heterocycles. The third kappa shape index (κ3) is 4.21. The van der Waals surface area contributed by atoms with Gasteiger partial charge in [-0.25, -0.2) is 14.4 Å². The maximum Gasteiger partial charge on any atom is 0.348 e. The summed E-state index contributed by atoms with van der Waals surface area (Å²) in [5.41, 5.74) is -0.0681. The molecule has 0 saturated heterocycles. The van der Waals surface area contributed by atoms with Gasteiger partial charge in [0, 0.05) is 5.56 Å². The molecule has 12 nitrogen and oxygen atoms in total. The summed E-state index contributed by atoms with van der Waals surface area (Å²) < 4.78 is 27.4. The zero-order chi connectivity index (χ0) is 29.0. The molecule has 0 unspecified atom stereocenters. The minimum absolute atomic E-state index is 0.0112. The van der Waals surface area contributed by atoms with E-state index in [2.05, 4.69) is 0 Å². The van der Waals surface area contributed by atoms with E-state index in [9.17, 15) is 29.4 Å². The molecule has 12 heteroatoms. The van der Waals surface area contributed by atoms with E-state index < -0.39 is 65.7 Å². The minimum atomic E-state index is -1.86. The lowest BCUT2D eigenvalue weighted by Gasteiger charge is -2.59. The summed E-state index contributed by atoms with van der Waals surface area (Å²) in [6.45, 7) is 2.20. The number of hydrogen-bond donors (Lipinski definition) is 3. The van der Waals surface area contributed by atoms with E-state index in [0.29, 0.717) is 24.3 Å². The molecule has 0 radical (unpaired) electrons. The Hall–Kier alpha value is -3.64. The Balaban J connectivity index is 1.42. The van der Waals surface area contributed by atoms with Crippen molar-refractivity contribution in [3.63, 3.8) is 0 Å². The summed E-state index contributed by atoms with van der Waals surface area (Å²) in [7, 11) is 1.52. The number of esters is 3. The predicted octanol–water partition coefficient (Wildman–Crippen LogP) is 1.31. The largest absolute Gasteiger partial charge is 0.493 e. The van der Waals surface area contributed by atoms with E-state index in [1.807, 2.05) is 12.1 Å². The molecule has 5 rings (SSSR count). The van der Waals surface area contributed by atoms with E-state index in [0.717, 1.165) is 37.8 Å². The standard InChI is InChI=1S/C28H32O12/c1-13(29)25(33)39-19(26(34)37-14(2)24(31)32)12-20(30)38-18-8-10-28(35)16-5-4-9-27(28)21-15(11-16)6-7-17(36-3)22(21)40-23(18)27/h6-8,13-14,16,19,23,29,35H,4-5,9-12H2,1-3H3,(H,31,32)/t13-,14-,16-,19-,23+,27+,28-/m0/s1. The zero-order valence-electron chi connectivity index (χ0n) is 22.4. The van der Waals surface area contributed by atoms with Crippen molar-refractivity contribution < 1.29 is 58.2 Å². The van der Waals surface area contributed by atoms with Crippen molar-refractivity contribution in [1.82, 2.24) is 0 Å². The van der Waals surface area contributed by atoms with Crippen LogP contribution in [-0.4, -0.2) is 76.3 Å². The second-order valence-corrected chi connectivity index (χ2v) is 10.8. The molecule has 7 atom stereocenters. The maximum atomic E-state index is 13.1. The molecule has 1 saturated carbocycles. The van der Waals surface area contributed by atoms with Crippen molar-refractivity contribution in [1.29, 1.82) is 0 Å². The predicted molar refractivity (Wildman–Crippen MR) is 133 cm³/mol. The molecular weight excluding hydrogens is 528 g/mol. The van der Waals surface area contributed by atoms with Gasteiger partial charge >= 0.3 is 23.9 Å². The molecular formula is C28H32O12. The van der Waals surface area contributed by atoms with Crippen LogP contribution in [0.1, 0.15) is 57.1 Å². The van der Waals surface area contributed by atoms with Gasteiger partial charge < -0.3 is 39.0 Å². The topological polar surface area (TPSA) is 175 Å². The van der Waals surface area contributed by atoms with E-state index in [1.54, 1.807) is 6.08 Å². The van der Waals surface area contributed by atoms with Crippen LogP contribution in [0.4, 0.5) is 0 Å². The number of rotatable bonds is 9. The van der Waals surface area contributed by atoms with Crippen molar-refractivity contribution >= 4 is 23.9 Å². The number of ether oxygens (including phenoxy) is 5. The lowest BCUT2D eigenvalue weighted by atomic mass is 9.47. The van der Waals surface area contributed by atoms with E-state index >= 15 is 0 Å². The van der Waals surface area contributed by atoms with E-state index in [1.165, 1.54) is 7.11 Å². The second kappa shape index (κ2) is 10.1. The van der Waals surface area contributed by atoms with Crippen molar-refractivity contribution in [3.8, 4) is 11.5 Å².